The molecule has 4 rings (SSSR count). The molecule has 7 heteroatoms. The van der Waals surface area contributed by atoms with E-state index in [1.807, 2.05) is 12.1 Å². The third kappa shape index (κ3) is 1.99. The number of nitrogens with one attached hydrogen (secondary N) is 1. The van der Waals surface area contributed by atoms with Gasteiger partial charge in [0.05, 0.1) is 5.41 Å². The van der Waals surface area contributed by atoms with Gasteiger partial charge in [-0.3, -0.25) is 0 Å². The van der Waals surface area contributed by atoms with Crippen molar-refractivity contribution in [1.82, 2.24) is 5.64 Å². The largest absolute Gasteiger partial charge is 0.378 e. The van der Waals surface area contributed by atoms with Crippen LogP contribution in [0, 0.1) is 0 Å². The molecule has 1 aliphatic carbocycles. The number of hydrogen-bond acceptors (Lipinski definition) is 7. The van der Waals surface area contributed by atoms with Crippen LogP contribution >= 0.6 is 0 Å². The van der Waals surface area contributed by atoms with Crippen molar-refractivity contribution in [2.24, 2.45) is 0 Å². The van der Waals surface area contributed by atoms with Crippen LogP contribution in [0.25, 0.3) is 6.08 Å². The van der Waals surface area contributed by atoms with E-state index in [-0.39, 0.29) is 0 Å². The Morgan fingerprint density at radius 3 is 2.42 bits per heavy atom. The normalized spacial score (nSPS) is 30.3. The zero-order valence-electron chi connectivity index (χ0n) is 13.5. The summed E-state index contributed by atoms with van der Waals surface area (Å²) in [6.45, 7) is 0. The SMILES string of the molecule is O=C1ONOC(=O)C(O)(C2(c3ccccc3)C=Cc3ccccc32)C1O. The van der Waals surface area contributed by atoms with Crippen molar-refractivity contribution in [3.63, 3.8) is 0 Å². The minimum absolute atomic E-state index is 0.509. The summed E-state index contributed by atoms with van der Waals surface area (Å²) >= 11 is 0. The van der Waals surface area contributed by atoms with Gasteiger partial charge in [0, 0.05) is 5.64 Å². The number of rotatable bonds is 2. The molecular formula is C19H15NO6. The van der Waals surface area contributed by atoms with E-state index in [1.54, 1.807) is 60.3 Å². The van der Waals surface area contributed by atoms with Crippen LogP contribution < -0.4 is 5.64 Å². The molecule has 1 saturated heterocycles. The molecule has 26 heavy (non-hydrogen) atoms. The first-order valence-corrected chi connectivity index (χ1v) is 7.93. The Morgan fingerprint density at radius 1 is 0.962 bits per heavy atom. The molecule has 3 unspecified atom stereocenters. The number of hydrogen-bond donors (Lipinski definition) is 3. The van der Waals surface area contributed by atoms with Gasteiger partial charge in [-0.05, 0) is 16.7 Å². The standard InChI is InChI=1S/C19H15NO6/c21-15-16(22)25-20-26-17(23)19(15,24)18(13-7-2-1-3-8-13)11-10-12-6-4-5-9-14(12)18/h1-11,15,20-21,24H. The fourth-order valence-electron chi connectivity index (χ4n) is 3.70. The molecule has 3 N–H and O–H groups in total. The second kappa shape index (κ2) is 5.77. The summed E-state index contributed by atoms with van der Waals surface area (Å²) in [6.07, 6.45) is 1.14. The number of carbonyl (C=O) groups excluding carboxylic acids is 2. The number of fused-ring (bicyclic) bond motifs is 1. The van der Waals surface area contributed by atoms with Crippen LogP contribution in [0.3, 0.4) is 0 Å². The third-order valence-electron chi connectivity index (χ3n) is 4.94. The molecule has 1 aliphatic heterocycles. The predicted octanol–water partition coefficient (Wildman–Crippen LogP) is 0.611. The van der Waals surface area contributed by atoms with E-state index in [4.69, 9.17) is 0 Å². The minimum atomic E-state index is -2.65. The first-order chi connectivity index (χ1) is 12.5. The number of carbonyl (C=O) groups is 2. The molecule has 1 fully saturated rings. The first-order valence-electron chi connectivity index (χ1n) is 7.93. The monoisotopic (exact) mass is 353 g/mol. The van der Waals surface area contributed by atoms with Crippen LogP contribution in [0.2, 0.25) is 0 Å². The van der Waals surface area contributed by atoms with Crippen molar-refractivity contribution in [2.75, 3.05) is 0 Å². The fourth-order valence-corrected chi connectivity index (χ4v) is 3.70. The van der Waals surface area contributed by atoms with E-state index >= 15 is 0 Å². The first kappa shape index (κ1) is 16.5. The van der Waals surface area contributed by atoms with E-state index in [0.717, 1.165) is 5.56 Å². The maximum Gasteiger partial charge on any atom is 0.365 e. The van der Waals surface area contributed by atoms with Crippen molar-refractivity contribution >= 4 is 18.0 Å². The van der Waals surface area contributed by atoms with Gasteiger partial charge in [0.15, 0.2) is 6.10 Å². The maximum absolute atomic E-state index is 12.7. The maximum atomic E-state index is 12.7. The summed E-state index contributed by atoms with van der Waals surface area (Å²) in [5.41, 5.74) is -0.689. The summed E-state index contributed by atoms with van der Waals surface area (Å²) in [7, 11) is 0. The lowest BCUT2D eigenvalue weighted by Gasteiger charge is -2.43. The van der Waals surface area contributed by atoms with Gasteiger partial charge < -0.3 is 19.9 Å². The second-order valence-corrected chi connectivity index (χ2v) is 6.16. The molecule has 0 aromatic heterocycles. The molecule has 2 aromatic carbocycles. The summed E-state index contributed by atoms with van der Waals surface area (Å²) in [5, 5.41) is 22.1. The highest BCUT2D eigenvalue weighted by molar-refractivity contribution is 5.94. The molecule has 7 nitrogen and oxygen atoms in total. The highest BCUT2D eigenvalue weighted by Crippen LogP contribution is 2.51. The Hall–Kier alpha value is -3.00. The van der Waals surface area contributed by atoms with Crippen LogP contribution in [0.4, 0.5) is 0 Å². The highest BCUT2D eigenvalue weighted by atomic mass is 16.9. The molecule has 2 aliphatic rings. The smallest absolute Gasteiger partial charge is 0.365 e. The summed E-state index contributed by atoms with van der Waals surface area (Å²) in [6, 6.07) is 15.8. The molecular weight excluding hydrogens is 338 g/mol. The van der Waals surface area contributed by atoms with Crippen LogP contribution in [-0.4, -0.2) is 33.9 Å². The molecule has 132 valence electrons. The van der Waals surface area contributed by atoms with Crippen LogP contribution in [-0.2, 0) is 24.7 Å². The van der Waals surface area contributed by atoms with E-state index in [0.29, 0.717) is 11.1 Å². The lowest BCUT2D eigenvalue weighted by molar-refractivity contribution is -0.198. The van der Waals surface area contributed by atoms with Gasteiger partial charge in [-0.25, -0.2) is 9.59 Å². The molecule has 0 radical (unpaired) electrons. The number of benzene rings is 2. The van der Waals surface area contributed by atoms with Gasteiger partial charge in [0.1, 0.15) is 0 Å². The minimum Gasteiger partial charge on any atom is -0.378 e. The average molecular weight is 353 g/mol. The fraction of sp³-hybridized carbons (Fsp3) is 0.158. The van der Waals surface area contributed by atoms with Crippen LogP contribution in [0.15, 0.2) is 60.7 Å². The van der Waals surface area contributed by atoms with Crippen molar-refractivity contribution in [3.05, 3.63) is 77.4 Å². The second-order valence-electron chi connectivity index (χ2n) is 6.16. The topological polar surface area (TPSA) is 105 Å². The van der Waals surface area contributed by atoms with Crippen molar-refractivity contribution in [2.45, 2.75) is 17.1 Å². The predicted molar refractivity (Wildman–Crippen MR) is 89.0 cm³/mol. The van der Waals surface area contributed by atoms with E-state index < -0.39 is 29.1 Å². The third-order valence-corrected chi connectivity index (χ3v) is 4.94. The molecule has 2 aromatic rings. The molecule has 0 bridgehead atoms. The summed E-state index contributed by atoms with van der Waals surface area (Å²) < 4.78 is 0. The Morgan fingerprint density at radius 2 is 1.65 bits per heavy atom. The molecule has 0 amide bonds. The van der Waals surface area contributed by atoms with Crippen LogP contribution in [0.5, 0.6) is 0 Å². The zero-order chi connectivity index (χ0) is 18.4. The van der Waals surface area contributed by atoms with E-state index in [1.165, 1.54) is 0 Å². The van der Waals surface area contributed by atoms with Crippen LogP contribution in [0.1, 0.15) is 16.7 Å². The highest BCUT2D eigenvalue weighted by Gasteiger charge is 2.66. The van der Waals surface area contributed by atoms with Gasteiger partial charge >= 0.3 is 11.9 Å². The van der Waals surface area contributed by atoms with Gasteiger partial charge in [-0.1, -0.05) is 66.7 Å². The van der Waals surface area contributed by atoms with Crippen molar-refractivity contribution in [3.8, 4) is 0 Å². The Balaban J connectivity index is 2.06. The molecule has 3 atom stereocenters. The molecule has 0 spiro atoms. The van der Waals surface area contributed by atoms with Crippen molar-refractivity contribution in [1.29, 1.82) is 0 Å². The lowest BCUT2D eigenvalue weighted by Crippen LogP contribution is -2.65. The Bertz CT molecular complexity index is 911. The summed E-state index contributed by atoms with van der Waals surface area (Å²) in [4.78, 5) is 33.9. The van der Waals surface area contributed by atoms with Gasteiger partial charge in [-0.15, -0.1) is 0 Å². The van der Waals surface area contributed by atoms with Gasteiger partial charge in [0.2, 0.25) is 5.60 Å². The quantitative estimate of drug-likeness (QED) is 0.726. The molecule has 1 heterocycles. The average Bonchev–Trinajstić information content (AvgIpc) is 3.04. The Kier molecular flexibility index (Phi) is 3.66. The van der Waals surface area contributed by atoms with E-state index in [2.05, 4.69) is 9.68 Å². The Labute approximate surface area is 148 Å². The lowest BCUT2D eigenvalue weighted by atomic mass is 9.62. The zero-order valence-corrected chi connectivity index (χ0v) is 13.5. The van der Waals surface area contributed by atoms with E-state index in [9.17, 15) is 19.8 Å². The van der Waals surface area contributed by atoms with Crippen molar-refractivity contribution < 1.29 is 29.5 Å². The molecule has 0 saturated carbocycles. The number of aliphatic hydroxyl groups is 2. The summed E-state index contributed by atoms with van der Waals surface area (Å²) in [5.74, 6) is -2.47. The van der Waals surface area contributed by atoms with Gasteiger partial charge in [0.25, 0.3) is 0 Å². The number of aliphatic hydroxyl groups excluding tert-OH is 1. The van der Waals surface area contributed by atoms with Gasteiger partial charge in [-0.2, -0.15) is 0 Å².